The van der Waals surface area contributed by atoms with Crippen molar-refractivity contribution in [1.29, 1.82) is 0 Å². The molecule has 0 radical (unpaired) electrons. The van der Waals surface area contributed by atoms with Crippen LogP contribution in [0.25, 0.3) is 54.5 Å². The summed E-state index contributed by atoms with van der Waals surface area (Å²) in [6.45, 7) is 13.9. The number of rotatable bonds is 5. The molecule has 3 nitrogen and oxygen atoms in total. The van der Waals surface area contributed by atoms with Crippen molar-refractivity contribution >= 4 is 83.9 Å². The first-order chi connectivity index (χ1) is 30.9. The van der Waals surface area contributed by atoms with E-state index in [0.29, 0.717) is 0 Å². The number of hydrogen-bond donors (Lipinski definition) is 1. The van der Waals surface area contributed by atoms with E-state index in [1.54, 1.807) is 0 Å². The van der Waals surface area contributed by atoms with Gasteiger partial charge in [-0.25, -0.2) is 0 Å². The smallest absolute Gasteiger partial charge is 0.333 e. The minimum absolute atomic E-state index is 0.0710. The van der Waals surface area contributed by atoms with Crippen molar-refractivity contribution in [1.82, 2.24) is 4.48 Å². The first kappa shape index (κ1) is 38.6. The number of para-hydroxylation sites is 2. The second-order valence-electron chi connectivity index (χ2n) is 20.4. The standard InChI is InChI=1S/C60H52BN3/c1-59(2,3)39-30-40(60(4,5)6)32-42(31-39)63-55-36-51-49(29-38-20-11-8-12-21-38)44-23-14-13-22-43(44)48(28-37-18-9-7-10-19-37)50(51)35-53(55)61-57-52(33-41(62)34-56(57)63)47-26-17-25-46-45-24-15-16-27-54(45)64(61)58(46)47/h7-27,30-36H,28-29,62H2,1-6H3. The summed E-state index contributed by atoms with van der Waals surface area (Å²) in [5.41, 5.74) is 26.8. The van der Waals surface area contributed by atoms with Gasteiger partial charge in [0.05, 0.1) is 0 Å². The van der Waals surface area contributed by atoms with Gasteiger partial charge in [0.25, 0.3) is 0 Å². The third-order valence-electron chi connectivity index (χ3n) is 14.3. The number of aromatic nitrogens is 1. The van der Waals surface area contributed by atoms with Gasteiger partial charge in [-0.1, -0.05) is 175 Å². The lowest BCUT2D eigenvalue weighted by molar-refractivity contribution is 0.569. The van der Waals surface area contributed by atoms with Gasteiger partial charge >= 0.3 is 6.85 Å². The largest absolute Gasteiger partial charge is 0.399 e. The molecule has 4 heteroatoms. The van der Waals surface area contributed by atoms with Crippen molar-refractivity contribution in [3.63, 3.8) is 0 Å². The Balaban J connectivity index is 1.27. The van der Waals surface area contributed by atoms with Crippen LogP contribution in [0.2, 0.25) is 0 Å². The highest BCUT2D eigenvalue weighted by Crippen LogP contribution is 2.49. The van der Waals surface area contributed by atoms with Crippen LogP contribution in [0.15, 0.2) is 170 Å². The molecule has 0 unspecified atom stereocenters. The monoisotopic (exact) mass is 825 g/mol. The lowest BCUT2D eigenvalue weighted by Gasteiger charge is -2.42. The lowest BCUT2D eigenvalue weighted by atomic mass is 9.45. The summed E-state index contributed by atoms with van der Waals surface area (Å²) in [5.74, 6) is 0. The van der Waals surface area contributed by atoms with E-state index in [9.17, 15) is 0 Å². The normalized spacial score (nSPS) is 13.3. The summed E-state index contributed by atoms with van der Waals surface area (Å²) in [6, 6.07) is 64.0. The molecule has 2 aliphatic heterocycles. The van der Waals surface area contributed by atoms with Crippen LogP contribution in [-0.4, -0.2) is 11.3 Å². The molecule has 12 rings (SSSR count). The van der Waals surface area contributed by atoms with E-state index in [-0.39, 0.29) is 17.7 Å². The van der Waals surface area contributed by atoms with Crippen LogP contribution < -0.4 is 21.6 Å². The predicted octanol–water partition coefficient (Wildman–Crippen LogP) is 13.9. The fourth-order valence-corrected chi connectivity index (χ4v) is 11.1. The van der Waals surface area contributed by atoms with Crippen LogP contribution in [0.4, 0.5) is 22.7 Å². The predicted molar refractivity (Wildman–Crippen MR) is 275 cm³/mol. The van der Waals surface area contributed by atoms with Crippen molar-refractivity contribution < 1.29 is 0 Å². The van der Waals surface area contributed by atoms with Gasteiger partial charge in [0, 0.05) is 50.1 Å². The molecule has 0 aliphatic carbocycles. The van der Waals surface area contributed by atoms with Gasteiger partial charge in [-0.15, -0.1) is 0 Å². The average molecular weight is 826 g/mol. The van der Waals surface area contributed by atoms with Crippen LogP contribution in [-0.2, 0) is 23.7 Å². The van der Waals surface area contributed by atoms with E-state index < -0.39 is 0 Å². The van der Waals surface area contributed by atoms with Gasteiger partial charge in [-0.3, -0.25) is 0 Å². The van der Waals surface area contributed by atoms with Crippen LogP contribution in [0.3, 0.4) is 0 Å². The second-order valence-corrected chi connectivity index (χ2v) is 20.4. The molecule has 0 spiro atoms. The van der Waals surface area contributed by atoms with Gasteiger partial charge in [0.2, 0.25) is 0 Å². The number of fused-ring (bicyclic) bond motifs is 9. The quantitative estimate of drug-likeness (QED) is 0.107. The highest BCUT2D eigenvalue weighted by Gasteiger charge is 2.43. The first-order valence-corrected chi connectivity index (χ1v) is 22.9. The molecular formula is C60H52BN3. The van der Waals surface area contributed by atoms with Gasteiger partial charge in [0.1, 0.15) is 0 Å². The first-order valence-electron chi connectivity index (χ1n) is 22.9. The van der Waals surface area contributed by atoms with E-state index in [1.807, 2.05) is 0 Å². The highest BCUT2D eigenvalue weighted by atomic mass is 15.2. The molecule has 2 N–H and O–H groups in total. The fraction of sp³-hybridized carbons (Fsp3) is 0.167. The summed E-state index contributed by atoms with van der Waals surface area (Å²) in [5, 5.41) is 7.81. The molecule has 0 saturated carbocycles. The number of anilines is 4. The summed E-state index contributed by atoms with van der Waals surface area (Å²) in [4.78, 5) is 2.58. The zero-order valence-corrected chi connectivity index (χ0v) is 37.6. The van der Waals surface area contributed by atoms with E-state index in [1.165, 1.54) is 110 Å². The Hall–Kier alpha value is -7.04. The number of benzene rings is 9. The molecule has 9 aromatic carbocycles. The molecule has 3 heterocycles. The third-order valence-corrected chi connectivity index (χ3v) is 14.3. The molecule has 310 valence electrons. The molecule has 2 aliphatic rings. The minimum atomic E-state index is -0.0972. The van der Waals surface area contributed by atoms with Crippen molar-refractivity contribution in [2.75, 3.05) is 10.6 Å². The zero-order valence-electron chi connectivity index (χ0n) is 37.6. The van der Waals surface area contributed by atoms with Gasteiger partial charge in [-0.2, -0.15) is 0 Å². The van der Waals surface area contributed by atoms with Crippen LogP contribution in [0.1, 0.15) is 74.9 Å². The van der Waals surface area contributed by atoms with Gasteiger partial charge in [-0.05, 0) is 131 Å². The maximum atomic E-state index is 7.13. The molecule has 64 heavy (non-hydrogen) atoms. The molecule has 0 saturated heterocycles. The lowest BCUT2D eigenvalue weighted by Crippen LogP contribution is -2.56. The van der Waals surface area contributed by atoms with Crippen LogP contribution in [0, 0.1) is 0 Å². The SMILES string of the molecule is CC(C)(C)c1cc(N2c3cc4c(Cc5ccccc5)c5ccccc5c(Cc5ccccc5)c4cc3B3c4c(cc(N)cc42)-c2cccc4c5ccccc5n3c24)cc(C(C)(C)C)c1. The summed E-state index contributed by atoms with van der Waals surface area (Å²) < 4.78 is 2.67. The van der Waals surface area contributed by atoms with Crippen LogP contribution >= 0.6 is 0 Å². The Kier molecular flexibility index (Phi) is 8.44. The minimum Gasteiger partial charge on any atom is -0.399 e. The Labute approximate surface area is 376 Å². The third kappa shape index (κ3) is 5.88. The van der Waals surface area contributed by atoms with Gasteiger partial charge < -0.3 is 15.1 Å². The molecule has 0 atom stereocenters. The van der Waals surface area contributed by atoms with Crippen molar-refractivity contribution in [2.24, 2.45) is 0 Å². The Morgan fingerprint density at radius 1 is 0.469 bits per heavy atom. The van der Waals surface area contributed by atoms with E-state index in [4.69, 9.17) is 5.73 Å². The molecule has 10 aromatic rings. The molecule has 1 aromatic heterocycles. The maximum absolute atomic E-state index is 7.13. The van der Waals surface area contributed by atoms with Crippen LogP contribution in [0.5, 0.6) is 0 Å². The molecule has 0 amide bonds. The van der Waals surface area contributed by atoms with Crippen molar-refractivity contribution in [3.8, 4) is 11.1 Å². The summed E-state index contributed by atoms with van der Waals surface area (Å²) >= 11 is 0. The molecular weight excluding hydrogens is 773 g/mol. The summed E-state index contributed by atoms with van der Waals surface area (Å²) in [7, 11) is 0. The molecule has 0 bridgehead atoms. The van der Waals surface area contributed by atoms with E-state index in [0.717, 1.165) is 24.2 Å². The Bertz CT molecular complexity index is 3500. The van der Waals surface area contributed by atoms with E-state index >= 15 is 0 Å². The summed E-state index contributed by atoms with van der Waals surface area (Å²) in [6.07, 6.45) is 1.65. The highest BCUT2D eigenvalue weighted by molar-refractivity contribution is 6.90. The van der Waals surface area contributed by atoms with Gasteiger partial charge in [0.15, 0.2) is 0 Å². The zero-order chi connectivity index (χ0) is 43.6. The van der Waals surface area contributed by atoms with E-state index in [2.05, 4.69) is 221 Å². The Morgan fingerprint density at radius 3 is 1.62 bits per heavy atom. The number of nitrogens with two attached hydrogens (primary N) is 1. The average Bonchev–Trinajstić information content (AvgIpc) is 3.63. The fourth-order valence-electron chi connectivity index (χ4n) is 11.1. The maximum Gasteiger partial charge on any atom is 0.333 e. The van der Waals surface area contributed by atoms with Crippen molar-refractivity contribution in [2.45, 2.75) is 65.2 Å². The second kappa shape index (κ2) is 14.0. The topological polar surface area (TPSA) is 34.2 Å². The van der Waals surface area contributed by atoms with Crippen molar-refractivity contribution in [3.05, 3.63) is 203 Å². The Morgan fingerprint density at radius 2 is 1.02 bits per heavy atom. The number of hydrogen-bond acceptors (Lipinski definition) is 2. The number of nitrogens with zero attached hydrogens (tertiary/aromatic N) is 2. The molecule has 0 fully saturated rings. The number of nitrogen functional groups attached to an aromatic ring is 1.